The number of para-hydroxylation sites is 1. The number of amides is 3. The molecule has 0 aliphatic carbocycles. The number of hydrogen-bond donors (Lipinski definition) is 1. The first-order valence-corrected chi connectivity index (χ1v) is 13.9. The number of imide groups is 1. The van der Waals surface area contributed by atoms with E-state index in [0.717, 1.165) is 33.6 Å². The van der Waals surface area contributed by atoms with Crippen LogP contribution in [-0.2, 0) is 20.9 Å². The van der Waals surface area contributed by atoms with Gasteiger partial charge in [0.25, 0.3) is 5.69 Å². The van der Waals surface area contributed by atoms with Gasteiger partial charge in [-0.05, 0) is 42.8 Å². The molecular formula is C27H20N4O7S2. The van der Waals surface area contributed by atoms with Crippen molar-refractivity contribution in [2.24, 2.45) is 5.92 Å². The lowest BCUT2D eigenvalue weighted by atomic mass is 9.87. The summed E-state index contributed by atoms with van der Waals surface area (Å²) < 4.78 is 7.01. The maximum Gasteiger partial charge on any atom is 0.308 e. The van der Waals surface area contributed by atoms with E-state index in [2.05, 4.69) is 5.32 Å². The summed E-state index contributed by atoms with van der Waals surface area (Å²) in [5.41, 5.74) is 1.54. The van der Waals surface area contributed by atoms with Gasteiger partial charge in [-0.25, -0.2) is 4.90 Å². The quantitative estimate of drug-likeness (QED) is 0.205. The zero-order chi connectivity index (χ0) is 28.1. The molecule has 2 aromatic carbocycles. The van der Waals surface area contributed by atoms with Gasteiger partial charge in [-0.2, -0.15) is 0 Å². The van der Waals surface area contributed by atoms with Crippen LogP contribution >= 0.6 is 23.1 Å². The smallest absolute Gasteiger partial charge is 0.308 e. The van der Waals surface area contributed by atoms with Gasteiger partial charge in [-0.1, -0.05) is 41.3 Å². The molecule has 0 saturated carbocycles. The van der Waals surface area contributed by atoms with Crippen molar-refractivity contribution < 1.29 is 23.7 Å². The lowest BCUT2D eigenvalue weighted by molar-refractivity contribution is -0.384. The Balaban J connectivity index is 1.37. The molecule has 13 heteroatoms. The predicted molar refractivity (Wildman–Crippen MR) is 148 cm³/mol. The molecule has 0 spiro atoms. The first-order chi connectivity index (χ1) is 19.2. The molecule has 2 unspecified atom stereocenters. The Hall–Kier alpha value is -4.49. The zero-order valence-electron chi connectivity index (χ0n) is 20.8. The fraction of sp³-hybridized carbons (Fsp3) is 0.185. The van der Waals surface area contributed by atoms with Crippen LogP contribution in [-0.4, -0.2) is 32.5 Å². The van der Waals surface area contributed by atoms with Gasteiger partial charge in [0.1, 0.15) is 17.6 Å². The number of hydrogen-bond acceptors (Lipinski definition) is 9. The molecular weight excluding hydrogens is 556 g/mol. The third kappa shape index (κ3) is 4.23. The van der Waals surface area contributed by atoms with E-state index in [1.54, 1.807) is 24.3 Å². The summed E-state index contributed by atoms with van der Waals surface area (Å²) in [6.07, 6.45) is 1.45. The number of nitro groups is 1. The van der Waals surface area contributed by atoms with Gasteiger partial charge < -0.3 is 9.73 Å². The van der Waals surface area contributed by atoms with E-state index in [1.807, 2.05) is 19.1 Å². The van der Waals surface area contributed by atoms with Crippen LogP contribution in [0.5, 0.6) is 0 Å². The molecule has 3 atom stereocenters. The number of carbonyl (C=O) groups is 3. The molecule has 2 aliphatic heterocycles. The maximum absolute atomic E-state index is 13.8. The number of carbonyl (C=O) groups excluding carboxylic acids is 3. The lowest BCUT2D eigenvalue weighted by Crippen LogP contribution is -2.32. The van der Waals surface area contributed by atoms with Crippen LogP contribution in [0.1, 0.15) is 22.1 Å². The van der Waals surface area contributed by atoms with Gasteiger partial charge in [-0.3, -0.25) is 33.9 Å². The second-order valence-corrected chi connectivity index (χ2v) is 11.5. The van der Waals surface area contributed by atoms with E-state index in [9.17, 15) is 29.3 Å². The number of rotatable bonds is 6. The van der Waals surface area contributed by atoms with Crippen molar-refractivity contribution in [2.45, 2.75) is 29.7 Å². The Morgan fingerprint density at radius 3 is 2.48 bits per heavy atom. The minimum Gasteiger partial charge on any atom is -0.469 e. The molecule has 1 fully saturated rings. The summed E-state index contributed by atoms with van der Waals surface area (Å²) in [5.74, 6) is -2.59. The topological polar surface area (TPSA) is 145 Å². The highest BCUT2D eigenvalue weighted by Gasteiger charge is 2.57. The Labute approximate surface area is 234 Å². The number of thioether (sulfide) groups is 1. The minimum atomic E-state index is -0.898. The Morgan fingerprint density at radius 2 is 1.80 bits per heavy atom. The van der Waals surface area contributed by atoms with E-state index < -0.39 is 39.7 Å². The number of aryl methyl sites for hydroxylation is 1. The molecule has 2 aliphatic rings. The highest BCUT2D eigenvalue weighted by molar-refractivity contribution is 8.00. The number of aromatic nitrogens is 1. The number of nitrogens with one attached hydrogen (secondary N) is 1. The molecule has 6 rings (SSSR count). The van der Waals surface area contributed by atoms with Crippen LogP contribution in [0.15, 0.2) is 81.2 Å². The normalized spacial score (nSPS) is 19.8. The molecule has 4 aromatic rings. The van der Waals surface area contributed by atoms with Gasteiger partial charge in [0, 0.05) is 17.8 Å². The monoisotopic (exact) mass is 576 g/mol. The number of nitrogens with zero attached hydrogens (tertiary/aromatic N) is 3. The first kappa shape index (κ1) is 25.8. The SMILES string of the molecule is Cc1ccccc1NC(=O)Cn1c2c(sc1=O)[C@H](c1ccco1)C1C(=O)N(c3ccc([N+](=O)[O-])cc3)C(=O)C1S2. The fourth-order valence-corrected chi connectivity index (χ4v) is 7.81. The van der Waals surface area contributed by atoms with Crippen LogP contribution in [0.2, 0.25) is 0 Å². The zero-order valence-corrected chi connectivity index (χ0v) is 22.4. The van der Waals surface area contributed by atoms with Gasteiger partial charge >= 0.3 is 4.87 Å². The largest absolute Gasteiger partial charge is 0.469 e. The van der Waals surface area contributed by atoms with Gasteiger partial charge in [-0.15, -0.1) is 0 Å². The predicted octanol–water partition coefficient (Wildman–Crippen LogP) is 4.15. The molecule has 202 valence electrons. The lowest BCUT2D eigenvalue weighted by Gasteiger charge is -2.29. The molecule has 2 aromatic heterocycles. The van der Waals surface area contributed by atoms with Gasteiger partial charge in [0.05, 0.1) is 38.6 Å². The van der Waals surface area contributed by atoms with Crippen molar-refractivity contribution >= 4 is 57.9 Å². The molecule has 4 heterocycles. The average Bonchev–Trinajstić information content (AvgIpc) is 3.63. The standard InChI is InChI=1S/C27H20N4O7S2/c1-14-5-2-3-6-17(14)28-19(32)13-29-26-23(40-27(29)35)20(18-7-4-12-38-18)21-22(39-26)25(34)30(24(21)33)15-8-10-16(11-9-15)31(36)37/h2-12,20-22H,13H2,1H3,(H,28,32)/t20-,21?,22?/m1/s1. The van der Waals surface area contributed by atoms with Gasteiger partial charge in [0.2, 0.25) is 17.7 Å². The molecule has 40 heavy (non-hydrogen) atoms. The average molecular weight is 577 g/mol. The van der Waals surface area contributed by atoms with Crippen molar-refractivity contribution in [1.29, 1.82) is 0 Å². The number of non-ortho nitro benzene ring substituents is 1. The minimum absolute atomic E-state index is 0.168. The van der Waals surface area contributed by atoms with E-state index >= 15 is 0 Å². The molecule has 1 N–H and O–H groups in total. The summed E-state index contributed by atoms with van der Waals surface area (Å²) >= 11 is 2.00. The molecule has 11 nitrogen and oxygen atoms in total. The molecule has 0 radical (unpaired) electrons. The highest BCUT2D eigenvalue weighted by atomic mass is 32.2. The maximum atomic E-state index is 13.8. The molecule has 1 saturated heterocycles. The highest BCUT2D eigenvalue weighted by Crippen LogP contribution is 2.54. The van der Waals surface area contributed by atoms with Crippen LogP contribution in [0.4, 0.5) is 17.1 Å². The number of thiazole rings is 1. The summed E-state index contributed by atoms with van der Waals surface area (Å²) in [6, 6.07) is 15.8. The van der Waals surface area contributed by atoms with Crippen LogP contribution in [0, 0.1) is 23.0 Å². The fourth-order valence-electron chi connectivity index (χ4n) is 5.05. The first-order valence-electron chi connectivity index (χ1n) is 12.2. The summed E-state index contributed by atoms with van der Waals surface area (Å²) in [5, 5.41) is 13.4. The molecule has 0 bridgehead atoms. The van der Waals surface area contributed by atoms with E-state index in [1.165, 1.54) is 35.1 Å². The Bertz CT molecular complexity index is 1730. The van der Waals surface area contributed by atoms with E-state index in [0.29, 0.717) is 21.4 Å². The van der Waals surface area contributed by atoms with Crippen molar-refractivity contribution in [1.82, 2.24) is 4.57 Å². The van der Waals surface area contributed by atoms with E-state index in [-0.39, 0.29) is 22.8 Å². The number of anilines is 2. The number of nitro benzene ring substituents is 1. The van der Waals surface area contributed by atoms with Crippen LogP contribution < -0.4 is 15.1 Å². The Kier molecular flexibility index (Phi) is 6.39. The third-order valence-corrected chi connectivity index (χ3v) is 9.54. The van der Waals surface area contributed by atoms with Crippen molar-refractivity contribution in [3.8, 4) is 0 Å². The van der Waals surface area contributed by atoms with Crippen LogP contribution in [0.3, 0.4) is 0 Å². The Morgan fingerprint density at radius 1 is 1.05 bits per heavy atom. The summed E-state index contributed by atoms with van der Waals surface area (Å²) in [4.78, 5) is 65.3. The summed E-state index contributed by atoms with van der Waals surface area (Å²) in [7, 11) is 0. The molecule has 3 amide bonds. The van der Waals surface area contributed by atoms with Crippen LogP contribution in [0.25, 0.3) is 0 Å². The van der Waals surface area contributed by atoms with Crippen molar-refractivity contribution in [3.05, 3.63) is 103 Å². The van der Waals surface area contributed by atoms with Crippen molar-refractivity contribution in [2.75, 3.05) is 10.2 Å². The second-order valence-electron chi connectivity index (χ2n) is 9.33. The number of furan rings is 1. The van der Waals surface area contributed by atoms with Crippen molar-refractivity contribution in [3.63, 3.8) is 0 Å². The summed E-state index contributed by atoms with van der Waals surface area (Å²) in [6.45, 7) is 1.58. The number of fused-ring (bicyclic) bond motifs is 2. The third-order valence-electron chi connectivity index (χ3n) is 6.94. The van der Waals surface area contributed by atoms with E-state index in [4.69, 9.17) is 4.42 Å². The van der Waals surface area contributed by atoms with Gasteiger partial charge in [0.15, 0.2) is 0 Å². The number of benzene rings is 2. The second kappa shape index (κ2) is 9.92.